The van der Waals surface area contributed by atoms with E-state index in [1.165, 1.54) is 0 Å². The van der Waals surface area contributed by atoms with Crippen LogP contribution in [0.5, 0.6) is 0 Å². The van der Waals surface area contributed by atoms with E-state index in [1.54, 1.807) is 11.1 Å². The predicted molar refractivity (Wildman–Crippen MR) is 83.5 cm³/mol. The average molecular weight is 319 g/mol. The molecule has 2 heterocycles. The fourth-order valence-corrected chi connectivity index (χ4v) is 3.45. The van der Waals surface area contributed by atoms with Gasteiger partial charge in [-0.1, -0.05) is 18.2 Å². The minimum atomic E-state index is -3.65. The Bertz CT molecular complexity index is 820. The van der Waals surface area contributed by atoms with E-state index >= 15 is 0 Å². The number of hydrogen-bond acceptors (Lipinski definition) is 4. The number of aromatic nitrogens is 1. The maximum absolute atomic E-state index is 11.9. The Morgan fingerprint density at radius 1 is 1.32 bits per heavy atom. The third-order valence-corrected chi connectivity index (χ3v) is 5.21. The topological polar surface area (TPSA) is 93.4 Å². The summed E-state index contributed by atoms with van der Waals surface area (Å²) in [6.45, 7) is 0.656. The second kappa shape index (κ2) is 5.66. The molecule has 116 valence electrons. The van der Waals surface area contributed by atoms with Crippen LogP contribution in [0.25, 0.3) is 10.9 Å². The fourth-order valence-electron chi connectivity index (χ4n) is 2.69. The molecule has 1 atom stereocenters. The molecular weight excluding hydrogens is 302 g/mol. The lowest BCUT2D eigenvalue weighted by Gasteiger charge is -2.16. The highest BCUT2D eigenvalue weighted by Gasteiger charge is 2.35. The van der Waals surface area contributed by atoms with Gasteiger partial charge in [0.1, 0.15) is 5.25 Å². The number of primary sulfonamides is 1. The average Bonchev–Trinajstić information content (AvgIpc) is 2.86. The molecule has 0 aliphatic carbocycles. The fraction of sp³-hybridized carbons (Fsp3) is 0.333. The number of fused-ring (bicyclic) bond motifs is 1. The summed E-state index contributed by atoms with van der Waals surface area (Å²) in [5.74, 6) is -0.159. The van der Waals surface area contributed by atoms with E-state index in [2.05, 4.69) is 4.98 Å². The minimum absolute atomic E-state index is 0.0190. The highest BCUT2D eigenvalue weighted by molar-refractivity contribution is 7.89. The summed E-state index contributed by atoms with van der Waals surface area (Å²) in [5.41, 5.74) is 1.95. The van der Waals surface area contributed by atoms with Crippen LogP contribution in [0, 0.1) is 0 Å². The number of nitrogens with two attached hydrogens (primary N) is 1. The molecule has 0 radical (unpaired) electrons. The maximum atomic E-state index is 11.9. The van der Waals surface area contributed by atoms with Crippen LogP contribution in [0.2, 0.25) is 0 Å². The Labute approximate surface area is 129 Å². The van der Waals surface area contributed by atoms with Gasteiger partial charge >= 0.3 is 0 Å². The molecule has 0 saturated carbocycles. The molecule has 3 rings (SSSR count). The van der Waals surface area contributed by atoms with E-state index in [0.29, 0.717) is 13.0 Å². The van der Waals surface area contributed by atoms with E-state index in [-0.39, 0.29) is 18.9 Å². The number of benzene rings is 1. The molecule has 0 bridgehead atoms. The molecule has 1 amide bonds. The molecule has 1 aliphatic heterocycles. The first-order valence-corrected chi connectivity index (χ1v) is 8.67. The van der Waals surface area contributed by atoms with Crippen LogP contribution >= 0.6 is 0 Å². The van der Waals surface area contributed by atoms with Crippen molar-refractivity contribution in [2.24, 2.45) is 5.14 Å². The Kier molecular flexibility index (Phi) is 3.84. The highest BCUT2D eigenvalue weighted by atomic mass is 32.2. The lowest BCUT2D eigenvalue weighted by Crippen LogP contribution is -2.33. The van der Waals surface area contributed by atoms with Crippen LogP contribution in [0.1, 0.15) is 12.0 Å². The van der Waals surface area contributed by atoms with Gasteiger partial charge in [0.05, 0.1) is 5.52 Å². The van der Waals surface area contributed by atoms with Crippen LogP contribution in [0.3, 0.4) is 0 Å². The largest absolute Gasteiger partial charge is 0.341 e. The molecule has 1 unspecified atom stereocenters. The first-order chi connectivity index (χ1) is 10.4. The summed E-state index contributed by atoms with van der Waals surface area (Å²) in [5, 5.41) is 5.39. The van der Waals surface area contributed by atoms with Crippen LogP contribution in [0.15, 0.2) is 36.5 Å². The summed E-state index contributed by atoms with van der Waals surface area (Å²) in [6.07, 6.45) is 2.41. The summed E-state index contributed by atoms with van der Waals surface area (Å²) < 4.78 is 22.7. The van der Waals surface area contributed by atoms with Gasteiger partial charge in [0.15, 0.2) is 0 Å². The second-order valence-corrected chi connectivity index (χ2v) is 7.39. The summed E-state index contributed by atoms with van der Waals surface area (Å²) in [4.78, 5) is 17.8. The van der Waals surface area contributed by atoms with Gasteiger partial charge in [-0.05, 0) is 24.1 Å². The van der Waals surface area contributed by atoms with Crippen molar-refractivity contribution in [1.29, 1.82) is 0 Å². The number of likely N-dealkylation sites (tertiary alicyclic amines) is 1. The molecule has 1 saturated heterocycles. The molecule has 1 aromatic heterocycles. The molecule has 1 aromatic carbocycles. The first-order valence-electron chi connectivity index (χ1n) is 7.06. The monoisotopic (exact) mass is 319 g/mol. The number of carbonyl (C=O) groups excluding carboxylic acids is 1. The maximum Gasteiger partial charge on any atom is 0.224 e. The van der Waals surface area contributed by atoms with Crippen molar-refractivity contribution in [1.82, 2.24) is 9.88 Å². The lowest BCUT2D eigenvalue weighted by molar-refractivity contribution is -0.127. The summed E-state index contributed by atoms with van der Waals surface area (Å²) >= 11 is 0. The standard InChI is InChI=1S/C15H17N3O3S/c16-22(20,21)13-8-15(19)18(10-13)6-5-11-7-12-3-1-2-4-14(12)17-9-11/h1-4,7,9,13H,5-6,8,10H2,(H2,16,20,21). The normalized spacial score (nSPS) is 19.0. The number of carbonyl (C=O) groups is 1. The zero-order valence-electron chi connectivity index (χ0n) is 12.0. The van der Waals surface area contributed by atoms with Gasteiger partial charge in [0, 0.05) is 31.1 Å². The third-order valence-electron chi connectivity index (χ3n) is 3.96. The number of sulfonamides is 1. The van der Waals surface area contributed by atoms with Gasteiger partial charge < -0.3 is 4.90 Å². The van der Waals surface area contributed by atoms with E-state index in [4.69, 9.17) is 5.14 Å². The zero-order chi connectivity index (χ0) is 15.7. The molecule has 2 N–H and O–H groups in total. The number of rotatable bonds is 4. The molecule has 1 fully saturated rings. The third kappa shape index (κ3) is 3.10. The van der Waals surface area contributed by atoms with Crippen molar-refractivity contribution >= 4 is 26.8 Å². The smallest absolute Gasteiger partial charge is 0.224 e. The van der Waals surface area contributed by atoms with Gasteiger partial charge in [-0.15, -0.1) is 0 Å². The number of nitrogens with zero attached hydrogens (tertiary/aromatic N) is 2. The second-order valence-electron chi connectivity index (χ2n) is 5.54. The molecule has 2 aromatic rings. The van der Waals surface area contributed by atoms with E-state index < -0.39 is 15.3 Å². The Balaban J connectivity index is 1.68. The van der Waals surface area contributed by atoms with Crippen molar-refractivity contribution in [2.75, 3.05) is 13.1 Å². The van der Waals surface area contributed by atoms with Gasteiger partial charge in [0.25, 0.3) is 0 Å². The number of para-hydroxylation sites is 1. The van der Waals surface area contributed by atoms with Crippen LogP contribution in [-0.4, -0.2) is 42.5 Å². The van der Waals surface area contributed by atoms with Gasteiger partial charge in [-0.25, -0.2) is 13.6 Å². The minimum Gasteiger partial charge on any atom is -0.341 e. The summed E-state index contributed by atoms with van der Waals surface area (Å²) in [6, 6.07) is 9.86. The lowest BCUT2D eigenvalue weighted by atomic mass is 10.1. The Morgan fingerprint density at radius 3 is 2.82 bits per heavy atom. The molecule has 7 heteroatoms. The van der Waals surface area contributed by atoms with Crippen molar-refractivity contribution in [3.8, 4) is 0 Å². The quantitative estimate of drug-likeness (QED) is 0.896. The van der Waals surface area contributed by atoms with Crippen LogP contribution in [0.4, 0.5) is 0 Å². The van der Waals surface area contributed by atoms with Crippen molar-refractivity contribution in [3.05, 3.63) is 42.1 Å². The van der Waals surface area contributed by atoms with Crippen molar-refractivity contribution in [2.45, 2.75) is 18.1 Å². The van der Waals surface area contributed by atoms with Crippen molar-refractivity contribution < 1.29 is 13.2 Å². The number of amides is 1. The predicted octanol–water partition coefficient (Wildman–Crippen LogP) is 0.667. The SMILES string of the molecule is NS(=O)(=O)C1CC(=O)N(CCc2cnc3ccccc3c2)C1. The highest BCUT2D eigenvalue weighted by Crippen LogP contribution is 2.18. The van der Waals surface area contributed by atoms with Crippen LogP contribution in [-0.2, 0) is 21.2 Å². The molecule has 0 spiro atoms. The molecular formula is C15H17N3O3S. The number of hydrogen-bond donors (Lipinski definition) is 1. The van der Waals surface area contributed by atoms with E-state index in [0.717, 1.165) is 16.5 Å². The van der Waals surface area contributed by atoms with E-state index in [1.807, 2.05) is 30.3 Å². The first kappa shape index (κ1) is 14.9. The van der Waals surface area contributed by atoms with Gasteiger partial charge in [-0.2, -0.15) is 0 Å². The molecule has 22 heavy (non-hydrogen) atoms. The Morgan fingerprint density at radius 2 is 2.09 bits per heavy atom. The Hall–Kier alpha value is -1.99. The summed E-state index contributed by atoms with van der Waals surface area (Å²) in [7, 11) is -3.65. The zero-order valence-corrected chi connectivity index (χ0v) is 12.8. The molecule has 6 nitrogen and oxygen atoms in total. The van der Waals surface area contributed by atoms with Crippen LogP contribution < -0.4 is 5.14 Å². The van der Waals surface area contributed by atoms with Crippen molar-refractivity contribution in [3.63, 3.8) is 0 Å². The molecule has 1 aliphatic rings. The van der Waals surface area contributed by atoms with Gasteiger partial charge in [-0.3, -0.25) is 9.78 Å². The number of pyridine rings is 1. The van der Waals surface area contributed by atoms with E-state index in [9.17, 15) is 13.2 Å². The van der Waals surface area contributed by atoms with Gasteiger partial charge in [0.2, 0.25) is 15.9 Å².